The minimum atomic E-state index is -0.947. The molecule has 0 spiro atoms. The summed E-state index contributed by atoms with van der Waals surface area (Å²) >= 11 is 12.1. The monoisotopic (exact) mass is 407 g/mol. The van der Waals surface area contributed by atoms with Crippen LogP contribution < -0.4 is 5.32 Å². The summed E-state index contributed by atoms with van der Waals surface area (Å²) in [6.45, 7) is 1.20. The lowest BCUT2D eigenvalue weighted by Gasteiger charge is -2.17. The molecule has 142 valence electrons. The predicted octanol–water partition coefficient (Wildman–Crippen LogP) is 3.91. The molecule has 0 unspecified atom stereocenters. The van der Waals surface area contributed by atoms with Crippen LogP contribution in [-0.2, 0) is 21.5 Å². The lowest BCUT2D eigenvalue weighted by Crippen LogP contribution is -2.28. The fraction of sp³-hybridized carbons (Fsp3) is 0.300. The van der Waals surface area contributed by atoms with Crippen molar-refractivity contribution in [1.29, 1.82) is 0 Å². The number of carboxylic acids is 1. The average molecular weight is 408 g/mol. The number of benzene rings is 2. The number of halogens is 2. The van der Waals surface area contributed by atoms with Crippen LogP contribution in [0.15, 0.2) is 42.5 Å². The number of ether oxygens (including phenoxy) is 1. The molecule has 2 aromatic carbocycles. The first-order valence-corrected chi connectivity index (χ1v) is 9.21. The van der Waals surface area contributed by atoms with E-state index in [1.165, 1.54) is 7.11 Å². The highest BCUT2D eigenvalue weighted by molar-refractivity contribution is 6.42. The highest BCUT2D eigenvalue weighted by Gasteiger charge is 2.61. The standard InChI is InChI=1S/C20H19Cl2NO4/c1-27-19(26)20(14-6-7-16(21)17(22)8-14)9-15(20)11-23-10-12-2-4-13(5-3-12)18(24)25/h2-8,15,23H,9-11H2,1H3,(H,24,25)/t15-,20-/m0/s1. The molecular weight excluding hydrogens is 389 g/mol. The minimum Gasteiger partial charge on any atom is -0.478 e. The van der Waals surface area contributed by atoms with Crippen LogP contribution in [-0.4, -0.2) is 30.7 Å². The summed E-state index contributed by atoms with van der Waals surface area (Å²) in [5.74, 6) is -1.14. The zero-order valence-electron chi connectivity index (χ0n) is 14.7. The highest BCUT2D eigenvalue weighted by Crippen LogP contribution is 2.55. The van der Waals surface area contributed by atoms with E-state index in [4.69, 9.17) is 33.0 Å². The number of rotatable bonds is 7. The predicted molar refractivity (Wildman–Crippen MR) is 103 cm³/mol. The van der Waals surface area contributed by atoms with Crippen molar-refractivity contribution in [1.82, 2.24) is 5.32 Å². The highest BCUT2D eigenvalue weighted by atomic mass is 35.5. The van der Waals surface area contributed by atoms with E-state index < -0.39 is 11.4 Å². The molecule has 0 amide bonds. The Balaban J connectivity index is 1.65. The van der Waals surface area contributed by atoms with Gasteiger partial charge in [0.1, 0.15) is 0 Å². The summed E-state index contributed by atoms with van der Waals surface area (Å²) in [7, 11) is 1.38. The first-order chi connectivity index (χ1) is 12.9. The van der Waals surface area contributed by atoms with Crippen LogP contribution >= 0.6 is 23.2 Å². The third kappa shape index (κ3) is 3.95. The molecule has 1 aliphatic rings. The van der Waals surface area contributed by atoms with E-state index >= 15 is 0 Å². The molecule has 1 fully saturated rings. The van der Waals surface area contributed by atoms with Crippen LogP contribution in [0.3, 0.4) is 0 Å². The lowest BCUT2D eigenvalue weighted by molar-refractivity contribution is -0.144. The molecule has 5 nitrogen and oxygen atoms in total. The van der Waals surface area contributed by atoms with Crippen molar-refractivity contribution in [2.45, 2.75) is 18.4 Å². The Morgan fingerprint density at radius 3 is 2.48 bits per heavy atom. The van der Waals surface area contributed by atoms with Gasteiger partial charge < -0.3 is 15.2 Å². The van der Waals surface area contributed by atoms with Gasteiger partial charge in [0.25, 0.3) is 0 Å². The van der Waals surface area contributed by atoms with Crippen molar-refractivity contribution in [3.8, 4) is 0 Å². The molecule has 0 bridgehead atoms. The summed E-state index contributed by atoms with van der Waals surface area (Å²) in [5, 5.41) is 13.1. The second kappa shape index (κ2) is 7.89. The van der Waals surface area contributed by atoms with E-state index in [0.717, 1.165) is 11.1 Å². The molecule has 0 aromatic heterocycles. The van der Waals surface area contributed by atoms with E-state index in [1.54, 1.807) is 36.4 Å². The van der Waals surface area contributed by atoms with Crippen LogP contribution in [0.1, 0.15) is 27.9 Å². The Morgan fingerprint density at radius 1 is 1.19 bits per heavy atom. The number of aromatic carboxylic acids is 1. The van der Waals surface area contributed by atoms with Gasteiger partial charge in [-0.2, -0.15) is 0 Å². The Kier molecular flexibility index (Phi) is 5.75. The van der Waals surface area contributed by atoms with Gasteiger partial charge in [-0.3, -0.25) is 4.79 Å². The van der Waals surface area contributed by atoms with Gasteiger partial charge in [0.2, 0.25) is 0 Å². The van der Waals surface area contributed by atoms with Crippen molar-refractivity contribution in [3.63, 3.8) is 0 Å². The van der Waals surface area contributed by atoms with Gasteiger partial charge in [-0.25, -0.2) is 4.79 Å². The van der Waals surface area contributed by atoms with Gasteiger partial charge in [-0.1, -0.05) is 41.4 Å². The third-order valence-electron chi connectivity index (χ3n) is 5.01. The maximum Gasteiger partial charge on any atom is 0.335 e. The molecule has 2 atom stereocenters. The number of carbonyl (C=O) groups is 2. The molecule has 0 heterocycles. The number of carbonyl (C=O) groups excluding carboxylic acids is 1. The molecule has 0 radical (unpaired) electrons. The summed E-state index contributed by atoms with van der Waals surface area (Å²) < 4.78 is 5.03. The van der Waals surface area contributed by atoms with E-state index in [0.29, 0.717) is 29.6 Å². The summed E-state index contributed by atoms with van der Waals surface area (Å²) in [6.07, 6.45) is 0.669. The van der Waals surface area contributed by atoms with Crippen molar-refractivity contribution in [2.75, 3.05) is 13.7 Å². The fourth-order valence-electron chi connectivity index (χ4n) is 3.41. The molecule has 1 saturated carbocycles. The topological polar surface area (TPSA) is 75.6 Å². The molecular formula is C20H19Cl2NO4. The number of hydrogen-bond donors (Lipinski definition) is 2. The summed E-state index contributed by atoms with van der Waals surface area (Å²) in [5.41, 5.74) is 1.33. The van der Waals surface area contributed by atoms with Gasteiger partial charge in [0.05, 0.1) is 28.1 Å². The van der Waals surface area contributed by atoms with Gasteiger partial charge in [-0.05, 0) is 54.3 Å². The third-order valence-corrected chi connectivity index (χ3v) is 5.75. The Morgan fingerprint density at radius 2 is 1.89 bits per heavy atom. The smallest absolute Gasteiger partial charge is 0.335 e. The Bertz CT molecular complexity index is 869. The summed E-state index contributed by atoms with van der Waals surface area (Å²) in [4.78, 5) is 23.3. The fourth-order valence-corrected chi connectivity index (χ4v) is 3.71. The van der Waals surface area contributed by atoms with Crippen molar-refractivity contribution >= 4 is 35.1 Å². The molecule has 0 aliphatic heterocycles. The second-order valence-corrected chi connectivity index (χ2v) is 7.44. The quantitative estimate of drug-likeness (QED) is 0.680. The van der Waals surface area contributed by atoms with Crippen molar-refractivity contribution in [2.24, 2.45) is 5.92 Å². The Labute approximate surface area is 167 Å². The van der Waals surface area contributed by atoms with E-state index in [1.807, 2.05) is 6.07 Å². The van der Waals surface area contributed by atoms with Crippen molar-refractivity contribution in [3.05, 3.63) is 69.2 Å². The maximum absolute atomic E-state index is 12.5. The number of methoxy groups -OCH3 is 1. The van der Waals surface area contributed by atoms with E-state index in [2.05, 4.69) is 5.32 Å². The second-order valence-electron chi connectivity index (χ2n) is 6.63. The Hall–Kier alpha value is -2.08. The molecule has 2 aromatic rings. The molecule has 1 aliphatic carbocycles. The normalized spacial score (nSPS) is 20.9. The van der Waals surface area contributed by atoms with Crippen LogP contribution in [0.25, 0.3) is 0 Å². The van der Waals surface area contributed by atoms with Gasteiger partial charge in [0, 0.05) is 6.54 Å². The average Bonchev–Trinajstić information content (AvgIpc) is 3.39. The first-order valence-electron chi connectivity index (χ1n) is 8.45. The number of hydrogen-bond acceptors (Lipinski definition) is 4. The SMILES string of the molecule is COC(=O)[C@]1(c2ccc(Cl)c(Cl)c2)C[C@H]1CNCc1ccc(C(=O)O)cc1. The minimum absolute atomic E-state index is 0.0838. The van der Waals surface area contributed by atoms with Gasteiger partial charge in [0.15, 0.2) is 0 Å². The van der Waals surface area contributed by atoms with Gasteiger partial charge in [-0.15, -0.1) is 0 Å². The van der Waals surface area contributed by atoms with E-state index in [-0.39, 0.29) is 17.5 Å². The lowest BCUT2D eigenvalue weighted by atomic mass is 9.93. The molecule has 2 N–H and O–H groups in total. The largest absolute Gasteiger partial charge is 0.478 e. The maximum atomic E-state index is 12.5. The molecule has 0 saturated heterocycles. The van der Waals surface area contributed by atoms with Crippen LogP contribution in [0.2, 0.25) is 10.0 Å². The van der Waals surface area contributed by atoms with Gasteiger partial charge >= 0.3 is 11.9 Å². The zero-order chi connectivity index (χ0) is 19.6. The first kappa shape index (κ1) is 19.7. The summed E-state index contributed by atoms with van der Waals surface area (Å²) in [6, 6.07) is 11.9. The molecule has 27 heavy (non-hydrogen) atoms. The van der Waals surface area contributed by atoms with Crippen LogP contribution in [0.5, 0.6) is 0 Å². The molecule has 7 heteroatoms. The van der Waals surface area contributed by atoms with Crippen LogP contribution in [0, 0.1) is 5.92 Å². The number of esters is 1. The number of carboxylic acid groups (broad SMARTS) is 1. The van der Waals surface area contributed by atoms with Crippen LogP contribution in [0.4, 0.5) is 0 Å². The molecule has 3 rings (SSSR count). The van der Waals surface area contributed by atoms with E-state index in [9.17, 15) is 9.59 Å². The number of nitrogens with one attached hydrogen (secondary N) is 1. The van der Waals surface area contributed by atoms with Crippen molar-refractivity contribution < 1.29 is 19.4 Å². The zero-order valence-corrected chi connectivity index (χ0v) is 16.2.